The molecule has 0 aliphatic rings. The lowest BCUT2D eigenvalue weighted by Crippen LogP contribution is -2.13. The first kappa shape index (κ1) is 12.5. The number of halogens is 1. The number of carbonyl (C=O) groups is 1. The number of esters is 1. The summed E-state index contributed by atoms with van der Waals surface area (Å²) in [6.07, 6.45) is 1.65. The summed E-state index contributed by atoms with van der Waals surface area (Å²) in [7, 11) is 0. The molecule has 15 heavy (non-hydrogen) atoms. The van der Waals surface area contributed by atoms with E-state index in [1.165, 1.54) is 11.8 Å². The van der Waals surface area contributed by atoms with Crippen LogP contribution >= 0.6 is 27.7 Å². The smallest absolute Gasteiger partial charge is 0.316 e. The van der Waals surface area contributed by atoms with Crippen molar-refractivity contribution >= 4 is 33.7 Å². The van der Waals surface area contributed by atoms with Gasteiger partial charge in [0.15, 0.2) is 0 Å². The molecule has 0 saturated heterocycles. The Bertz CT molecular complexity index is 327. The summed E-state index contributed by atoms with van der Waals surface area (Å²) in [5, 5.41) is 0.818. The highest BCUT2D eigenvalue weighted by molar-refractivity contribution is 9.10. The first-order valence-corrected chi connectivity index (χ1v) is 6.29. The zero-order valence-electron chi connectivity index (χ0n) is 8.57. The summed E-state index contributed by atoms with van der Waals surface area (Å²) >= 11 is 4.67. The quantitative estimate of drug-likeness (QED) is 0.631. The van der Waals surface area contributed by atoms with E-state index in [1.807, 2.05) is 26.0 Å². The number of hydrogen-bond acceptors (Lipinski definition) is 4. The SMILES string of the molecule is CC(C)OC(=O)CSc1ccc(Br)cn1. The van der Waals surface area contributed by atoms with Gasteiger partial charge >= 0.3 is 5.97 Å². The van der Waals surface area contributed by atoms with Crippen molar-refractivity contribution in [2.45, 2.75) is 25.0 Å². The van der Waals surface area contributed by atoms with E-state index in [2.05, 4.69) is 20.9 Å². The predicted molar refractivity (Wildman–Crippen MR) is 63.9 cm³/mol. The van der Waals surface area contributed by atoms with Crippen LogP contribution in [0.3, 0.4) is 0 Å². The van der Waals surface area contributed by atoms with Gasteiger partial charge in [-0.05, 0) is 41.9 Å². The average molecular weight is 290 g/mol. The fourth-order valence-electron chi connectivity index (χ4n) is 0.877. The van der Waals surface area contributed by atoms with Crippen molar-refractivity contribution in [3.05, 3.63) is 22.8 Å². The van der Waals surface area contributed by atoms with Gasteiger partial charge in [-0.25, -0.2) is 4.98 Å². The van der Waals surface area contributed by atoms with Crippen LogP contribution < -0.4 is 0 Å². The Labute approximate surface area is 102 Å². The summed E-state index contributed by atoms with van der Waals surface area (Å²) in [6.45, 7) is 3.67. The largest absolute Gasteiger partial charge is 0.462 e. The fraction of sp³-hybridized carbons (Fsp3) is 0.400. The Morgan fingerprint density at radius 3 is 2.87 bits per heavy atom. The molecule has 0 atom stereocenters. The lowest BCUT2D eigenvalue weighted by atomic mass is 10.5. The summed E-state index contributed by atoms with van der Waals surface area (Å²) < 4.78 is 5.93. The van der Waals surface area contributed by atoms with Crippen molar-refractivity contribution in [1.29, 1.82) is 0 Å². The van der Waals surface area contributed by atoms with E-state index in [0.717, 1.165) is 9.50 Å². The molecule has 82 valence electrons. The zero-order valence-corrected chi connectivity index (χ0v) is 11.0. The number of pyridine rings is 1. The average Bonchev–Trinajstić information content (AvgIpc) is 2.16. The Balaban J connectivity index is 2.37. The Morgan fingerprint density at radius 2 is 2.33 bits per heavy atom. The van der Waals surface area contributed by atoms with Gasteiger partial charge in [0.25, 0.3) is 0 Å². The van der Waals surface area contributed by atoms with Gasteiger partial charge in [0.2, 0.25) is 0 Å². The zero-order chi connectivity index (χ0) is 11.3. The second-order valence-electron chi connectivity index (χ2n) is 3.14. The Kier molecular flexibility index (Phi) is 5.11. The number of aromatic nitrogens is 1. The van der Waals surface area contributed by atoms with Gasteiger partial charge in [0, 0.05) is 10.7 Å². The first-order valence-electron chi connectivity index (χ1n) is 4.52. The van der Waals surface area contributed by atoms with E-state index in [-0.39, 0.29) is 12.1 Å². The minimum absolute atomic E-state index is 0.0593. The fourth-order valence-corrected chi connectivity index (χ4v) is 1.74. The van der Waals surface area contributed by atoms with Crippen LogP contribution in [-0.2, 0) is 9.53 Å². The van der Waals surface area contributed by atoms with Crippen molar-refractivity contribution < 1.29 is 9.53 Å². The number of hydrogen-bond donors (Lipinski definition) is 0. The molecule has 1 aromatic heterocycles. The highest BCUT2D eigenvalue weighted by Gasteiger charge is 2.06. The molecule has 0 saturated carbocycles. The van der Waals surface area contributed by atoms with E-state index in [1.54, 1.807) is 6.20 Å². The maximum atomic E-state index is 11.2. The minimum atomic E-state index is -0.209. The van der Waals surface area contributed by atoms with Crippen LogP contribution in [0.25, 0.3) is 0 Å². The standard InChI is InChI=1S/C10H12BrNO2S/c1-7(2)14-10(13)6-15-9-4-3-8(11)5-12-9/h3-5,7H,6H2,1-2H3. The van der Waals surface area contributed by atoms with Gasteiger partial charge in [0.1, 0.15) is 0 Å². The molecule has 0 N–H and O–H groups in total. The Hall–Kier alpha value is -0.550. The van der Waals surface area contributed by atoms with E-state index in [9.17, 15) is 4.79 Å². The maximum absolute atomic E-state index is 11.2. The number of carbonyl (C=O) groups excluding carboxylic acids is 1. The molecule has 0 aromatic carbocycles. The molecule has 5 heteroatoms. The summed E-state index contributed by atoms with van der Waals surface area (Å²) in [5.41, 5.74) is 0. The van der Waals surface area contributed by atoms with Crippen LogP contribution in [0, 0.1) is 0 Å². The first-order chi connectivity index (χ1) is 7.08. The van der Waals surface area contributed by atoms with Crippen molar-refractivity contribution in [2.24, 2.45) is 0 Å². The van der Waals surface area contributed by atoms with Crippen LogP contribution in [0.15, 0.2) is 27.8 Å². The number of thioether (sulfide) groups is 1. The normalized spacial score (nSPS) is 10.4. The van der Waals surface area contributed by atoms with Crippen molar-refractivity contribution in [3.63, 3.8) is 0 Å². The second-order valence-corrected chi connectivity index (χ2v) is 5.05. The third-order valence-corrected chi connectivity index (χ3v) is 2.79. The number of ether oxygens (including phenoxy) is 1. The maximum Gasteiger partial charge on any atom is 0.316 e. The van der Waals surface area contributed by atoms with Gasteiger partial charge in [-0.1, -0.05) is 11.8 Å². The van der Waals surface area contributed by atoms with E-state index in [0.29, 0.717) is 5.75 Å². The molecule has 1 heterocycles. The van der Waals surface area contributed by atoms with Gasteiger partial charge in [-0.2, -0.15) is 0 Å². The lowest BCUT2D eigenvalue weighted by Gasteiger charge is -2.06. The summed E-state index contributed by atoms with van der Waals surface area (Å²) in [4.78, 5) is 15.4. The van der Waals surface area contributed by atoms with Crippen molar-refractivity contribution in [1.82, 2.24) is 4.98 Å². The third-order valence-electron chi connectivity index (χ3n) is 1.41. The molecule has 1 rings (SSSR count). The molecule has 0 unspecified atom stereocenters. The number of rotatable bonds is 4. The van der Waals surface area contributed by atoms with Crippen LogP contribution in [-0.4, -0.2) is 22.8 Å². The Morgan fingerprint density at radius 1 is 1.60 bits per heavy atom. The van der Waals surface area contributed by atoms with Crippen LogP contribution in [0.1, 0.15) is 13.8 Å². The van der Waals surface area contributed by atoms with Crippen molar-refractivity contribution in [2.75, 3.05) is 5.75 Å². The highest BCUT2D eigenvalue weighted by Crippen LogP contribution is 2.17. The molecule has 0 fully saturated rings. The monoisotopic (exact) mass is 289 g/mol. The molecule has 0 bridgehead atoms. The highest BCUT2D eigenvalue weighted by atomic mass is 79.9. The molecule has 0 radical (unpaired) electrons. The number of nitrogens with zero attached hydrogens (tertiary/aromatic N) is 1. The summed E-state index contributed by atoms with van der Waals surface area (Å²) in [6, 6.07) is 3.75. The van der Waals surface area contributed by atoms with E-state index in [4.69, 9.17) is 4.74 Å². The van der Waals surface area contributed by atoms with Crippen LogP contribution in [0.5, 0.6) is 0 Å². The van der Waals surface area contributed by atoms with Gasteiger partial charge < -0.3 is 4.74 Å². The minimum Gasteiger partial charge on any atom is -0.462 e. The van der Waals surface area contributed by atoms with Crippen molar-refractivity contribution in [3.8, 4) is 0 Å². The topological polar surface area (TPSA) is 39.2 Å². The molecular weight excluding hydrogens is 278 g/mol. The third kappa shape index (κ3) is 5.18. The predicted octanol–water partition coefficient (Wildman–Crippen LogP) is 2.89. The van der Waals surface area contributed by atoms with E-state index >= 15 is 0 Å². The molecule has 1 aromatic rings. The van der Waals surface area contributed by atoms with Gasteiger partial charge in [0.05, 0.1) is 16.9 Å². The van der Waals surface area contributed by atoms with Gasteiger partial charge in [-0.15, -0.1) is 0 Å². The lowest BCUT2D eigenvalue weighted by molar-refractivity contribution is -0.144. The van der Waals surface area contributed by atoms with Crippen LogP contribution in [0.4, 0.5) is 0 Å². The second kappa shape index (κ2) is 6.12. The molecule has 0 aliphatic heterocycles. The van der Waals surface area contributed by atoms with Gasteiger partial charge in [-0.3, -0.25) is 4.79 Å². The van der Waals surface area contributed by atoms with E-state index < -0.39 is 0 Å². The molecule has 0 spiro atoms. The summed E-state index contributed by atoms with van der Waals surface area (Å²) in [5.74, 6) is 0.0898. The molecule has 3 nitrogen and oxygen atoms in total. The molecule has 0 amide bonds. The molecular formula is C10H12BrNO2S. The van der Waals surface area contributed by atoms with Crippen LogP contribution in [0.2, 0.25) is 0 Å². The molecule has 0 aliphatic carbocycles.